The van der Waals surface area contributed by atoms with Gasteiger partial charge >= 0.3 is 0 Å². The predicted molar refractivity (Wildman–Crippen MR) is 58.6 cm³/mol. The molecule has 0 saturated heterocycles. The maximum Gasteiger partial charge on any atom is 0.264 e. The molecule has 0 amide bonds. The molecule has 0 radical (unpaired) electrons. The SMILES string of the molecule is CC(C)CC(C)(C)C(C)OS(C)(=O)=O. The maximum absolute atomic E-state index is 11.0. The second-order valence-electron chi connectivity index (χ2n) is 5.03. The van der Waals surface area contributed by atoms with Gasteiger partial charge in [0.05, 0.1) is 12.4 Å². The summed E-state index contributed by atoms with van der Waals surface area (Å²) >= 11 is 0. The number of rotatable bonds is 5. The molecular weight excluding hydrogens is 200 g/mol. The van der Waals surface area contributed by atoms with Crippen molar-refractivity contribution in [2.75, 3.05) is 6.26 Å². The van der Waals surface area contributed by atoms with E-state index in [1.54, 1.807) is 0 Å². The first-order valence-electron chi connectivity index (χ1n) is 4.93. The summed E-state index contributed by atoms with van der Waals surface area (Å²) in [4.78, 5) is 0. The summed E-state index contributed by atoms with van der Waals surface area (Å²) < 4.78 is 26.9. The molecule has 0 aromatic rings. The molecule has 86 valence electrons. The Morgan fingerprint density at radius 1 is 1.21 bits per heavy atom. The van der Waals surface area contributed by atoms with Gasteiger partial charge in [0.15, 0.2) is 0 Å². The molecule has 0 fully saturated rings. The molecule has 0 spiro atoms. The fourth-order valence-corrected chi connectivity index (χ4v) is 2.40. The lowest BCUT2D eigenvalue weighted by Gasteiger charge is -2.32. The molecule has 1 unspecified atom stereocenters. The lowest BCUT2D eigenvalue weighted by atomic mass is 9.80. The van der Waals surface area contributed by atoms with E-state index in [1.807, 2.05) is 20.8 Å². The largest absolute Gasteiger partial charge is 0.267 e. The fourth-order valence-electron chi connectivity index (χ4n) is 1.61. The van der Waals surface area contributed by atoms with Crippen LogP contribution >= 0.6 is 0 Å². The van der Waals surface area contributed by atoms with Crippen molar-refractivity contribution in [3.05, 3.63) is 0 Å². The topological polar surface area (TPSA) is 43.4 Å². The van der Waals surface area contributed by atoms with Gasteiger partial charge in [0.2, 0.25) is 0 Å². The van der Waals surface area contributed by atoms with Crippen LogP contribution in [0.2, 0.25) is 0 Å². The van der Waals surface area contributed by atoms with E-state index >= 15 is 0 Å². The normalized spacial score (nSPS) is 15.9. The highest BCUT2D eigenvalue weighted by molar-refractivity contribution is 7.86. The minimum absolute atomic E-state index is 0.114. The first-order valence-corrected chi connectivity index (χ1v) is 6.74. The van der Waals surface area contributed by atoms with Gasteiger partial charge < -0.3 is 0 Å². The minimum Gasteiger partial charge on any atom is -0.267 e. The third-order valence-corrected chi connectivity index (χ3v) is 2.99. The van der Waals surface area contributed by atoms with E-state index in [4.69, 9.17) is 4.18 Å². The molecule has 0 heterocycles. The predicted octanol–water partition coefficient (Wildman–Crippen LogP) is 2.42. The lowest BCUT2D eigenvalue weighted by molar-refractivity contribution is 0.0775. The Bertz CT molecular complexity index is 265. The molecule has 0 aliphatic heterocycles. The van der Waals surface area contributed by atoms with Crippen LogP contribution < -0.4 is 0 Å². The highest BCUT2D eigenvalue weighted by atomic mass is 32.2. The molecular formula is C10H22O3S. The molecule has 0 bridgehead atoms. The van der Waals surface area contributed by atoms with Gasteiger partial charge in [-0.15, -0.1) is 0 Å². The van der Waals surface area contributed by atoms with Gasteiger partial charge in [-0.25, -0.2) is 0 Å². The van der Waals surface area contributed by atoms with Crippen LogP contribution in [0.3, 0.4) is 0 Å². The first-order chi connectivity index (χ1) is 6.04. The average molecular weight is 222 g/mol. The average Bonchev–Trinajstić information content (AvgIpc) is 1.79. The van der Waals surface area contributed by atoms with E-state index in [1.165, 1.54) is 0 Å². The zero-order chi connectivity index (χ0) is 11.6. The molecule has 0 aromatic heterocycles. The zero-order valence-electron chi connectivity index (χ0n) is 9.99. The van der Waals surface area contributed by atoms with Crippen LogP contribution in [0.4, 0.5) is 0 Å². The highest BCUT2D eigenvalue weighted by Crippen LogP contribution is 2.31. The summed E-state index contributed by atoms with van der Waals surface area (Å²) in [6, 6.07) is 0. The van der Waals surface area contributed by atoms with Crippen molar-refractivity contribution in [2.24, 2.45) is 11.3 Å². The van der Waals surface area contributed by atoms with E-state index in [9.17, 15) is 8.42 Å². The molecule has 0 N–H and O–H groups in total. The minimum atomic E-state index is -3.34. The Hall–Kier alpha value is -0.0900. The van der Waals surface area contributed by atoms with Gasteiger partial charge in [0.1, 0.15) is 0 Å². The van der Waals surface area contributed by atoms with E-state index in [0.717, 1.165) is 12.7 Å². The molecule has 0 aromatic carbocycles. The quantitative estimate of drug-likeness (QED) is 0.671. The molecule has 0 aliphatic carbocycles. The van der Waals surface area contributed by atoms with Gasteiger partial charge in [0, 0.05) is 0 Å². The molecule has 14 heavy (non-hydrogen) atoms. The van der Waals surface area contributed by atoms with E-state index < -0.39 is 10.1 Å². The van der Waals surface area contributed by atoms with E-state index in [0.29, 0.717) is 5.92 Å². The Kier molecular flexibility index (Phi) is 4.59. The van der Waals surface area contributed by atoms with Crippen LogP contribution in [-0.4, -0.2) is 20.8 Å². The Labute approximate surface area is 88.0 Å². The smallest absolute Gasteiger partial charge is 0.264 e. The molecule has 4 heteroatoms. The van der Waals surface area contributed by atoms with Gasteiger partial charge in [0.25, 0.3) is 10.1 Å². The summed E-state index contributed by atoms with van der Waals surface area (Å²) in [5, 5.41) is 0. The second-order valence-corrected chi connectivity index (χ2v) is 6.63. The van der Waals surface area contributed by atoms with E-state index in [2.05, 4.69) is 13.8 Å². The Morgan fingerprint density at radius 3 is 1.93 bits per heavy atom. The summed E-state index contributed by atoms with van der Waals surface area (Å²) in [7, 11) is -3.34. The summed E-state index contributed by atoms with van der Waals surface area (Å²) in [5.41, 5.74) is -0.114. The van der Waals surface area contributed by atoms with Crippen molar-refractivity contribution >= 4 is 10.1 Å². The van der Waals surface area contributed by atoms with E-state index in [-0.39, 0.29) is 11.5 Å². The van der Waals surface area contributed by atoms with Crippen LogP contribution in [0.25, 0.3) is 0 Å². The Morgan fingerprint density at radius 2 is 1.64 bits per heavy atom. The van der Waals surface area contributed by atoms with Gasteiger partial charge in [-0.05, 0) is 24.7 Å². The molecule has 0 saturated carbocycles. The second kappa shape index (κ2) is 4.62. The maximum atomic E-state index is 11.0. The summed E-state index contributed by atoms with van der Waals surface area (Å²) in [6.07, 6.45) is 1.76. The summed E-state index contributed by atoms with van der Waals surface area (Å²) in [6.45, 7) is 10.1. The van der Waals surface area contributed by atoms with Crippen LogP contribution in [0.1, 0.15) is 41.0 Å². The Balaban J connectivity index is 4.43. The van der Waals surface area contributed by atoms with Crippen LogP contribution in [0.5, 0.6) is 0 Å². The molecule has 0 aliphatic rings. The van der Waals surface area contributed by atoms with Crippen LogP contribution in [0.15, 0.2) is 0 Å². The fraction of sp³-hybridized carbons (Fsp3) is 1.00. The van der Waals surface area contributed by atoms with Gasteiger partial charge in [-0.3, -0.25) is 4.18 Å². The first kappa shape index (κ1) is 13.9. The van der Waals surface area contributed by atoms with Crippen molar-refractivity contribution in [3.63, 3.8) is 0 Å². The van der Waals surface area contributed by atoms with Crippen molar-refractivity contribution in [3.8, 4) is 0 Å². The third-order valence-electron chi connectivity index (χ3n) is 2.35. The molecule has 3 nitrogen and oxygen atoms in total. The lowest BCUT2D eigenvalue weighted by Crippen LogP contribution is -2.32. The van der Waals surface area contributed by atoms with Crippen molar-refractivity contribution in [1.82, 2.24) is 0 Å². The van der Waals surface area contributed by atoms with Crippen molar-refractivity contribution in [2.45, 2.75) is 47.1 Å². The van der Waals surface area contributed by atoms with Crippen LogP contribution in [0, 0.1) is 11.3 Å². The third kappa shape index (κ3) is 5.60. The monoisotopic (exact) mass is 222 g/mol. The zero-order valence-corrected chi connectivity index (χ0v) is 10.8. The number of hydrogen-bond donors (Lipinski definition) is 0. The van der Waals surface area contributed by atoms with Crippen molar-refractivity contribution < 1.29 is 12.6 Å². The summed E-state index contributed by atoms with van der Waals surface area (Å²) in [5.74, 6) is 0.538. The van der Waals surface area contributed by atoms with Crippen molar-refractivity contribution in [1.29, 1.82) is 0 Å². The highest BCUT2D eigenvalue weighted by Gasteiger charge is 2.29. The molecule has 1 atom stereocenters. The van der Waals surface area contributed by atoms with Gasteiger partial charge in [-0.1, -0.05) is 27.7 Å². The number of hydrogen-bond acceptors (Lipinski definition) is 3. The van der Waals surface area contributed by atoms with Gasteiger partial charge in [-0.2, -0.15) is 8.42 Å². The van der Waals surface area contributed by atoms with Crippen LogP contribution in [-0.2, 0) is 14.3 Å². The standard InChI is InChI=1S/C10H22O3S/c1-8(2)7-10(4,5)9(3)13-14(6,11)12/h8-9H,7H2,1-6H3. The molecule has 0 rings (SSSR count).